The van der Waals surface area contributed by atoms with Crippen LogP contribution in [0.4, 0.5) is 0 Å². The maximum atomic E-state index is 9.84. The molecular weight excluding hydrogens is 199 g/mol. The Balaban J connectivity index is 2.53. The first-order valence-electron chi connectivity index (χ1n) is 4.17. The zero-order valence-corrected chi connectivity index (χ0v) is 8.89. The molecule has 14 heavy (non-hydrogen) atoms. The van der Waals surface area contributed by atoms with Gasteiger partial charge in [0.15, 0.2) is 0 Å². The van der Waals surface area contributed by atoms with Gasteiger partial charge in [0.1, 0.15) is 5.52 Å². The van der Waals surface area contributed by atoms with Crippen LogP contribution in [0.2, 0.25) is 0 Å². The Morgan fingerprint density at radius 1 is 1.36 bits per heavy atom. The standard InChI is InChI=1S/C8H11N4OP/c1-11(2)14(13)12-8-6-4-3-5-7(8)9-10-12/h3-6,13H,1-2H3. The largest absolute Gasteiger partial charge is 0.342 e. The monoisotopic (exact) mass is 210 g/mol. The second kappa shape index (κ2) is 3.61. The minimum absolute atomic E-state index is 0.802. The molecule has 5 nitrogen and oxygen atoms in total. The average molecular weight is 210 g/mol. The number of hydrogen-bond acceptors (Lipinski definition) is 4. The molecule has 2 aromatic rings. The fraction of sp³-hybridized carbons (Fsp3) is 0.250. The van der Waals surface area contributed by atoms with E-state index in [0.717, 1.165) is 11.0 Å². The quantitative estimate of drug-likeness (QED) is 0.753. The van der Waals surface area contributed by atoms with Gasteiger partial charge in [0.2, 0.25) is 8.45 Å². The van der Waals surface area contributed by atoms with Crippen molar-refractivity contribution in [2.75, 3.05) is 14.1 Å². The first-order valence-corrected chi connectivity index (χ1v) is 5.37. The van der Waals surface area contributed by atoms with Crippen LogP contribution < -0.4 is 0 Å². The van der Waals surface area contributed by atoms with Gasteiger partial charge < -0.3 is 4.89 Å². The van der Waals surface area contributed by atoms with Gasteiger partial charge in [0.05, 0.1) is 5.52 Å². The van der Waals surface area contributed by atoms with Crippen LogP contribution in [0, 0.1) is 0 Å². The van der Waals surface area contributed by atoms with E-state index in [-0.39, 0.29) is 0 Å². The summed E-state index contributed by atoms with van der Waals surface area (Å²) in [7, 11) is 2.19. The third-order valence-electron chi connectivity index (χ3n) is 1.86. The maximum absolute atomic E-state index is 9.84. The molecule has 0 fully saturated rings. The van der Waals surface area contributed by atoms with Crippen molar-refractivity contribution in [3.63, 3.8) is 0 Å². The van der Waals surface area contributed by atoms with Crippen molar-refractivity contribution >= 4 is 19.5 Å². The average Bonchev–Trinajstić information content (AvgIpc) is 2.60. The van der Waals surface area contributed by atoms with E-state index in [1.165, 1.54) is 0 Å². The Hall–Kier alpha value is -1.03. The summed E-state index contributed by atoms with van der Waals surface area (Å²) in [5.74, 6) is 0. The zero-order valence-electron chi connectivity index (χ0n) is 7.99. The summed E-state index contributed by atoms with van der Waals surface area (Å²) in [5, 5.41) is 7.88. The van der Waals surface area contributed by atoms with Gasteiger partial charge in [-0.2, -0.15) is 4.45 Å². The van der Waals surface area contributed by atoms with Gasteiger partial charge in [0.25, 0.3) is 0 Å². The van der Waals surface area contributed by atoms with Crippen LogP contribution in [0.1, 0.15) is 0 Å². The highest BCUT2D eigenvalue weighted by atomic mass is 31.2. The van der Waals surface area contributed by atoms with Crippen LogP contribution in [0.25, 0.3) is 11.0 Å². The number of fused-ring (bicyclic) bond motifs is 1. The van der Waals surface area contributed by atoms with Crippen molar-refractivity contribution < 1.29 is 4.89 Å². The predicted molar refractivity (Wildman–Crippen MR) is 55.8 cm³/mol. The second-order valence-corrected chi connectivity index (χ2v) is 4.80. The molecule has 2 rings (SSSR count). The molecule has 6 heteroatoms. The first kappa shape index (κ1) is 9.52. The summed E-state index contributed by atoms with van der Waals surface area (Å²) in [6.07, 6.45) is 0. The Morgan fingerprint density at radius 2 is 2.07 bits per heavy atom. The summed E-state index contributed by atoms with van der Waals surface area (Å²) in [5.41, 5.74) is 1.66. The van der Waals surface area contributed by atoms with Crippen molar-refractivity contribution in [2.24, 2.45) is 0 Å². The van der Waals surface area contributed by atoms with Crippen molar-refractivity contribution in [2.45, 2.75) is 0 Å². The van der Waals surface area contributed by atoms with E-state index in [1.54, 1.807) is 9.12 Å². The van der Waals surface area contributed by atoms with Crippen LogP contribution in [-0.2, 0) is 0 Å². The minimum atomic E-state index is -1.42. The molecule has 1 atom stereocenters. The number of hydrogen-bond donors (Lipinski definition) is 1. The van der Waals surface area contributed by atoms with Crippen molar-refractivity contribution in [3.05, 3.63) is 24.3 Å². The molecule has 1 N–H and O–H groups in total. The molecule has 0 aliphatic heterocycles. The maximum Gasteiger partial charge on any atom is 0.238 e. The van der Waals surface area contributed by atoms with Crippen molar-refractivity contribution in [1.82, 2.24) is 19.4 Å². The van der Waals surface area contributed by atoms with Crippen molar-refractivity contribution in [1.29, 1.82) is 0 Å². The number of benzene rings is 1. The van der Waals surface area contributed by atoms with Crippen LogP contribution in [0.3, 0.4) is 0 Å². The van der Waals surface area contributed by atoms with E-state index in [1.807, 2.05) is 38.4 Å². The van der Waals surface area contributed by atoms with Crippen LogP contribution >= 0.6 is 8.45 Å². The van der Waals surface area contributed by atoms with E-state index in [4.69, 9.17) is 0 Å². The molecule has 1 aromatic carbocycles. The van der Waals surface area contributed by atoms with Gasteiger partial charge in [-0.05, 0) is 26.2 Å². The smallest absolute Gasteiger partial charge is 0.238 e. The van der Waals surface area contributed by atoms with Gasteiger partial charge >= 0.3 is 0 Å². The fourth-order valence-corrected chi connectivity index (χ4v) is 1.97. The summed E-state index contributed by atoms with van der Waals surface area (Å²) >= 11 is 0. The summed E-state index contributed by atoms with van der Waals surface area (Å²) < 4.78 is 3.26. The molecule has 1 aromatic heterocycles. The molecule has 0 saturated heterocycles. The highest BCUT2D eigenvalue weighted by molar-refractivity contribution is 7.47. The van der Waals surface area contributed by atoms with E-state index in [0.29, 0.717) is 0 Å². The Kier molecular flexibility index (Phi) is 2.46. The zero-order chi connectivity index (χ0) is 10.1. The molecule has 0 amide bonds. The van der Waals surface area contributed by atoms with Crippen molar-refractivity contribution in [3.8, 4) is 0 Å². The normalized spacial score (nSPS) is 13.7. The predicted octanol–water partition coefficient (Wildman–Crippen LogP) is 1.06. The molecule has 0 aliphatic carbocycles. The molecule has 0 spiro atoms. The topological polar surface area (TPSA) is 54.2 Å². The number of rotatable bonds is 2. The highest BCUT2D eigenvalue weighted by Gasteiger charge is 2.14. The third kappa shape index (κ3) is 1.50. The Morgan fingerprint density at radius 3 is 2.79 bits per heavy atom. The summed E-state index contributed by atoms with van der Waals surface area (Å²) in [6.45, 7) is 0. The third-order valence-corrected chi connectivity index (χ3v) is 3.21. The highest BCUT2D eigenvalue weighted by Crippen LogP contribution is 2.35. The molecule has 0 saturated carbocycles. The molecule has 1 heterocycles. The first-order chi connectivity index (χ1) is 6.70. The van der Waals surface area contributed by atoms with Gasteiger partial charge in [-0.1, -0.05) is 17.3 Å². The van der Waals surface area contributed by atoms with E-state index < -0.39 is 8.45 Å². The lowest BCUT2D eigenvalue weighted by Gasteiger charge is -2.16. The summed E-state index contributed by atoms with van der Waals surface area (Å²) in [6, 6.07) is 7.57. The minimum Gasteiger partial charge on any atom is -0.342 e. The SMILES string of the molecule is CN(C)P(O)n1nnc2ccccc21. The van der Waals surface area contributed by atoms with Gasteiger partial charge in [-0.25, -0.2) is 4.67 Å². The Labute approximate surface area is 82.9 Å². The molecule has 1 unspecified atom stereocenters. The summed E-state index contributed by atoms with van der Waals surface area (Å²) in [4.78, 5) is 9.84. The number of aromatic nitrogens is 3. The molecule has 0 bridgehead atoms. The Bertz CT molecular complexity index is 442. The van der Waals surface area contributed by atoms with Crippen LogP contribution in [0.5, 0.6) is 0 Å². The van der Waals surface area contributed by atoms with Gasteiger partial charge in [-0.3, -0.25) is 0 Å². The van der Waals surface area contributed by atoms with E-state index in [2.05, 4.69) is 10.3 Å². The van der Waals surface area contributed by atoms with E-state index >= 15 is 0 Å². The van der Waals surface area contributed by atoms with Gasteiger partial charge in [-0.15, -0.1) is 5.10 Å². The number of nitrogens with zero attached hydrogens (tertiary/aromatic N) is 4. The molecule has 74 valence electrons. The van der Waals surface area contributed by atoms with Crippen LogP contribution in [0.15, 0.2) is 24.3 Å². The lowest BCUT2D eigenvalue weighted by Crippen LogP contribution is -2.10. The molecule has 0 radical (unpaired) electrons. The van der Waals surface area contributed by atoms with Gasteiger partial charge in [0, 0.05) is 0 Å². The lowest BCUT2D eigenvalue weighted by atomic mass is 10.3. The molecular formula is C8H11N4OP. The number of para-hydroxylation sites is 1. The fourth-order valence-electron chi connectivity index (χ4n) is 1.16. The second-order valence-electron chi connectivity index (χ2n) is 3.08. The van der Waals surface area contributed by atoms with E-state index in [9.17, 15) is 4.89 Å². The lowest BCUT2D eigenvalue weighted by molar-refractivity contribution is 0.507. The molecule has 0 aliphatic rings. The van der Waals surface area contributed by atoms with Crippen LogP contribution in [-0.4, -0.2) is 38.4 Å².